The van der Waals surface area contributed by atoms with Crippen molar-refractivity contribution in [3.8, 4) is 5.75 Å². The molecule has 0 aliphatic carbocycles. The standard InChI is InChI=1S/C22H21ClN2O4/c23-17-8-2-1-6-15(17)12-20-22(27)25(18-9-3-4-10-19(18)29-20)14-21(26)24-13-16-7-5-11-28-16/h1-4,6,8-10,12,16H,5,7,11,13-14H2,(H,24,26)/b20-12+. The molecule has 2 aromatic rings. The Morgan fingerprint density at radius 1 is 1.21 bits per heavy atom. The van der Waals surface area contributed by atoms with Crippen LogP contribution in [-0.4, -0.2) is 37.6 Å². The minimum absolute atomic E-state index is 0.0438. The van der Waals surface area contributed by atoms with Crippen molar-refractivity contribution in [2.45, 2.75) is 18.9 Å². The zero-order valence-electron chi connectivity index (χ0n) is 15.8. The Hall–Kier alpha value is -2.83. The van der Waals surface area contributed by atoms with E-state index in [0.29, 0.717) is 28.6 Å². The van der Waals surface area contributed by atoms with Gasteiger partial charge in [-0.2, -0.15) is 0 Å². The second-order valence-electron chi connectivity index (χ2n) is 6.93. The highest BCUT2D eigenvalue weighted by atomic mass is 35.5. The molecular weight excluding hydrogens is 392 g/mol. The first-order valence-corrected chi connectivity index (χ1v) is 9.93. The number of carbonyl (C=O) groups is 2. The van der Waals surface area contributed by atoms with Crippen LogP contribution in [0.1, 0.15) is 18.4 Å². The average Bonchev–Trinajstić information content (AvgIpc) is 3.25. The van der Waals surface area contributed by atoms with E-state index in [1.165, 1.54) is 4.90 Å². The smallest absolute Gasteiger partial charge is 0.294 e. The van der Waals surface area contributed by atoms with Crippen LogP contribution in [0.2, 0.25) is 5.02 Å². The lowest BCUT2D eigenvalue weighted by atomic mass is 10.1. The van der Waals surface area contributed by atoms with E-state index < -0.39 is 5.91 Å². The third kappa shape index (κ3) is 4.44. The van der Waals surface area contributed by atoms with Gasteiger partial charge in [0.15, 0.2) is 11.5 Å². The summed E-state index contributed by atoms with van der Waals surface area (Å²) in [6.45, 7) is 1.07. The summed E-state index contributed by atoms with van der Waals surface area (Å²) >= 11 is 6.21. The molecule has 2 aliphatic heterocycles. The number of carbonyl (C=O) groups excluding carboxylic acids is 2. The van der Waals surface area contributed by atoms with E-state index in [0.717, 1.165) is 19.4 Å². The Morgan fingerprint density at radius 2 is 2.00 bits per heavy atom. The Balaban J connectivity index is 1.55. The largest absolute Gasteiger partial charge is 0.449 e. The molecule has 2 aliphatic rings. The summed E-state index contributed by atoms with van der Waals surface area (Å²) in [5, 5.41) is 3.37. The minimum atomic E-state index is -0.393. The van der Waals surface area contributed by atoms with Crippen molar-refractivity contribution >= 4 is 35.2 Å². The number of hydrogen-bond donors (Lipinski definition) is 1. The molecule has 4 rings (SSSR count). The van der Waals surface area contributed by atoms with Crippen LogP contribution in [-0.2, 0) is 14.3 Å². The maximum absolute atomic E-state index is 13.1. The van der Waals surface area contributed by atoms with E-state index in [4.69, 9.17) is 21.1 Å². The number of rotatable bonds is 5. The van der Waals surface area contributed by atoms with Gasteiger partial charge < -0.3 is 14.8 Å². The molecule has 1 saturated heterocycles. The number of nitrogens with one attached hydrogen (secondary N) is 1. The highest BCUT2D eigenvalue weighted by Crippen LogP contribution is 2.35. The van der Waals surface area contributed by atoms with Gasteiger partial charge in [0.1, 0.15) is 6.54 Å². The molecule has 0 spiro atoms. The molecule has 1 fully saturated rings. The first-order chi connectivity index (χ1) is 14.1. The second-order valence-corrected chi connectivity index (χ2v) is 7.34. The Morgan fingerprint density at radius 3 is 2.79 bits per heavy atom. The van der Waals surface area contributed by atoms with Gasteiger partial charge in [-0.25, -0.2) is 0 Å². The lowest BCUT2D eigenvalue weighted by Gasteiger charge is -2.30. The normalized spacial score (nSPS) is 19.8. The van der Waals surface area contributed by atoms with Crippen LogP contribution in [0.5, 0.6) is 5.75 Å². The van der Waals surface area contributed by atoms with Crippen LogP contribution in [0.4, 0.5) is 5.69 Å². The topological polar surface area (TPSA) is 67.9 Å². The number of halogens is 1. The SMILES string of the molecule is O=C(CN1C(=O)/C(=C\c2ccccc2Cl)Oc2ccccc21)NCC1CCCO1. The van der Waals surface area contributed by atoms with E-state index in [1.54, 1.807) is 36.4 Å². The summed E-state index contributed by atoms with van der Waals surface area (Å²) in [5.74, 6) is -0.0143. The van der Waals surface area contributed by atoms with E-state index >= 15 is 0 Å². The third-order valence-corrected chi connectivity index (χ3v) is 5.22. The molecule has 0 saturated carbocycles. The van der Waals surface area contributed by atoms with Gasteiger partial charge in [0.2, 0.25) is 5.91 Å². The molecule has 7 heteroatoms. The average molecular weight is 413 g/mol. The molecule has 1 atom stereocenters. The zero-order valence-corrected chi connectivity index (χ0v) is 16.5. The molecule has 29 heavy (non-hydrogen) atoms. The van der Waals surface area contributed by atoms with E-state index in [2.05, 4.69) is 5.32 Å². The number of hydrogen-bond acceptors (Lipinski definition) is 4. The van der Waals surface area contributed by atoms with Gasteiger partial charge in [-0.05, 0) is 42.7 Å². The van der Waals surface area contributed by atoms with Gasteiger partial charge in [-0.15, -0.1) is 0 Å². The number of nitrogens with zero attached hydrogens (tertiary/aromatic N) is 1. The van der Waals surface area contributed by atoms with E-state index in [-0.39, 0.29) is 24.3 Å². The van der Waals surface area contributed by atoms with Crippen molar-refractivity contribution in [1.82, 2.24) is 5.32 Å². The second kappa shape index (κ2) is 8.68. The van der Waals surface area contributed by atoms with Gasteiger partial charge in [-0.3, -0.25) is 14.5 Å². The summed E-state index contributed by atoms with van der Waals surface area (Å²) < 4.78 is 11.3. The quantitative estimate of drug-likeness (QED) is 0.764. The molecule has 150 valence electrons. The van der Waals surface area contributed by atoms with Crippen molar-refractivity contribution in [3.63, 3.8) is 0 Å². The number of benzene rings is 2. The molecule has 0 bridgehead atoms. The van der Waals surface area contributed by atoms with Crippen LogP contribution in [0.25, 0.3) is 6.08 Å². The Bertz CT molecular complexity index is 953. The Labute approximate surface area is 174 Å². The van der Waals surface area contributed by atoms with Crippen LogP contribution in [0.3, 0.4) is 0 Å². The first kappa shape index (κ1) is 19.5. The van der Waals surface area contributed by atoms with Crippen molar-refractivity contribution in [2.75, 3.05) is 24.6 Å². The highest BCUT2D eigenvalue weighted by molar-refractivity contribution is 6.32. The van der Waals surface area contributed by atoms with Crippen molar-refractivity contribution in [3.05, 3.63) is 64.9 Å². The molecule has 2 heterocycles. The predicted molar refractivity (Wildman–Crippen MR) is 111 cm³/mol. The third-order valence-electron chi connectivity index (χ3n) is 4.88. The number of anilines is 1. The van der Waals surface area contributed by atoms with Gasteiger partial charge in [0, 0.05) is 18.2 Å². The molecule has 0 aromatic heterocycles. The molecule has 6 nitrogen and oxygen atoms in total. The molecule has 0 radical (unpaired) electrons. The van der Waals surface area contributed by atoms with Crippen molar-refractivity contribution in [2.24, 2.45) is 0 Å². The fourth-order valence-electron chi connectivity index (χ4n) is 3.39. The summed E-state index contributed by atoms with van der Waals surface area (Å²) in [4.78, 5) is 27.0. The first-order valence-electron chi connectivity index (χ1n) is 9.55. The maximum atomic E-state index is 13.1. The molecule has 2 amide bonds. The summed E-state index contributed by atoms with van der Waals surface area (Å²) in [7, 11) is 0. The molecular formula is C22H21ClN2O4. The van der Waals surface area contributed by atoms with Crippen molar-refractivity contribution in [1.29, 1.82) is 0 Å². The van der Waals surface area contributed by atoms with Gasteiger partial charge in [-0.1, -0.05) is 41.9 Å². The van der Waals surface area contributed by atoms with Crippen LogP contribution in [0.15, 0.2) is 54.3 Å². The van der Waals surface area contributed by atoms with E-state index in [9.17, 15) is 9.59 Å². The maximum Gasteiger partial charge on any atom is 0.294 e. The number of para-hydroxylation sites is 2. The van der Waals surface area contributed by atoms with Crippen LogP contribution >= 0.6 is 11.6 Å². The van der Waals surface area contributed by atoms with Crippen molar-refractivity contribution < 1.29 is 19.1 Å². The van der Waals surface area contributed by atoms with Gasteiger partial charge in [0.25, 0.3) is 5.91 Å². The molecule has 1 N–H and O–H groups in total. The predicted octanol–water partition coefficient (Wildman–Crippen LogP) is 3.40. The number of amides is 2. The summed E-state index contributed by atoms with van der Waals surface area (Å²) in [6.07, 6.45) is 3.58. The van der Waals surface area contributed by atoms with Crippen LogP contribution < -0.4 is 15.0 Å². The Kier molecular flexibility index (Phi) is 5.83. The molecule has 1 unspecified atom stereocenters. The fourth-order valence-corrected chi connectivity index (χ4v) is 3.58. The number of ether oxygens (including phenoxy) is 2. The highest BCUT2D eigenvalue weighted by Gasteiger charge is 2.32. The lowest BCUT2D eigenvalue weighted by Crippen LogP contribution is -2.45. The number of fused-ring (bicyclic) bond motifs is 1. The minimum Gasteiger partial charge on any atom is -0.449 e. The molecule has 2 aromatic carbocycles. The summed E-state index contributed by atoms with van der Waals surface area (Å²) in [6, 6.07) is 14.3. The fraction of sp³-hybridized carbons (Fsp3) is 0.273. The van der Waals surface area contributed by atoms with E-state index in [1.807, 2.05) is 18.2 Å². The summed E-state index contributed by atoms with van der Waals surface area (Å²) in [5.41, 5.74) is 1.22. The van der Waals surface area contributed by atoms with Gasteiger partial charge in [0.05, 0.1) is 11.8 Å². The monoisotopic (exact) mass is 412 g/mol. The lowest BCUT2D eigenvalue weighted by molar-refractivity contribution is -0.123. The van der Waals surface area contributed by atoms with Gasteiger partial charge >= 0.3 is 0 Å². The van der Waals surface area contributed by atoms with Crippen LogP contribution in [0, 0.1) is 0 Å². The zero-order chi connectivity index (χ0) is 20.2.